The summed E-state index contributed by atoms with van der Waals surface area (Å²) in [5.74, 6) is -2.91. The number of H-pyrrole nitrogens is 3. The number of esters is 2. The maximum atomic E-state index is 11.7. The smallest absolute Gasteiger partial charge is 0.352 e. The van der Waals surface area contributed by atoms with Crippen molar-refractivity contribution in [3.63, 3.8) is 0 Å². The molecule has 11 heteroatoms. The number of aromatic carboxylic acids is 2. The zero-order valence-corrected chi connectivity index (χ0v) is 21.2. The molecular formula is C26H31N3O8. The second kappa shape index (κ2) is 11.6. The molecular weight excluding hydrogens is 482 g/mol. The summed E-state index contributed by atoms with van der Waals surface area (Å²) < 4.78 is 9.44. The van der Waals surface area contributed by atoms with Gasteiger partial charge in [0.2, 0.25) is 0 Å². The highest BCUT2D eigenvalue weighted by Gasteiger charge is 2.22. The third-order valence-corrected chi connectivity index (χ3v) is 6.52. The van der Waals surface area contributed by atoms with Gasteiger partial charge in [0.25, 0.3) is 0 Å². The van der Waals surface area contributed by atoms with E-state index in [2.05, 4.69) is 15.0 Å². The number of ether oxygens (including phenoxy) is 2. The van der Waals surface area contributed by atoms with Crippen molar-refractivity contribution in [3.8, 4) is 0 Å². The van der Waals surface area contributed by atoms with E-state index in [0.29, 0.717) is 48.2 Å². The molecule has 0 aliphatic carbocycles. The summed E-state index contributed by atoms with van der Waals surface area (Å²) in [6.07, 6.45) is 1.70. The second-order valence-corrected chi connectivity index (χ2v) is 8.79. The Balaban J connectivity index is 1.85. The summed E-state index contributed by atoms with van der Waals surface area (Å²) in [7, 11) is 2.62. The van der Waals surface area contributed by atoms with Crippen LogP contribution in [0.2, 0.25) is 0 Å². The average molecular weight is 514 g/mol. The molecule has 0 aliphatic heterocycles. The molecule has 37 heavy (non-hydrogen) atoms. The van der Waals surface area contributed by atoms with Gasteiger partial charge in [0.05, 0.1) is 14.2 Å². The van der Waals surface area contributed by atoms with Crippen molar-refractivity contribution in [2.75, 3.05) is 14.2 Å². The van der Waals surface area contributed by atoms with E-state index >= 15 is 0 Å². The van der Waals surface area contributed by atoms with Crippen LogP contribution in [0.3, 0.4) is 0 Å². The molecule has 0 aliphatic rings. The molecule has 198 valence electrons. The first-order valence-corrected chi connectivity index (χ1v) is 11.7. The van der Waals surface area contributed by atoms with Crippen molar-refractivity contribution in [2.45, 2.75) is 52.4 Å². The van der Waals surface area contributed by atoms with Gasteiger partial charge in [0, 0.05) is 48.5 Å². The molecule has 0 fully saturated rings. The third kappa shape index (κ3) is 6.29. The SMILES string of the molecule is COC(=O)CCc1c(Cc2ccc(Cc3[nH]c(C(=O)O)c(C)c3CCC(=O)OC)[nH]2)[nH]c(C(=O)O)c1C. The van der Waals surface area contributed by atoms with Crippen molar-refractivity contribution in [2.24, 2.45) is 0 Å². The summed E-state index contributed by atoms with van der Waals surface area (Å²) in [6, 6.07) is 3.75. The minimum atomic E-state index is -1.08. The Bertz CT molecular complexity index is 1230. The molecule has 11 nitrogen and oxygen atoms in total. The van der Waals surface area contributed by atoms with Crippen molar-refractivity contribution < 1.29 is 38.9 Å². The number of carboxylic acids is 2. The van der Waals surface area contributed by atoms with Crippen LogP contribution < -0.4 is 0 Å². The van der Waals surface area contributed by atoms with Crippen LogP contribution in [0.15, 0.2) is 12.1 Å². The van der Waals surface area contributed by atoms with E-state index in [9.17, 15) is 29.4 Å². The van der Waals surface area contributed by atoms with Crippen molar-refractivity contribution in [1.29, 1.82) is 0 Å². The second-order valence-electron chi connectivity index (χ2n) is 8.79. The minimum Gasteiger partial charge on any atom is -0.477 e. The van der Waals surface area contributed by atoms with Crippen molar-refractivity contribution in [3.05, 3.63) is 68.6 Å². The van der Waals surface area contributed by atoms with Gasteiger partial charge in [-0.15, -0.1) is 0 Å². The number of carbonyl (C=O) groups excluding carboxylic acids is 2. The van der Waals surface area contributed by atoms with Gasteiger partial charge in [-0.25, -0.2) is 9.59 Å². The lowest BCUT2D eigenvalue weighted by Gasteiger charge is -2.06. The van der Waals surface area contributed by atoms with E-state index in [1.807, 2.05) is 12.1 Å². The van der Waals surface area contributed by atoms with E-state index in [1.54, 1.807) is 13.8 Å². The predicted octanol–water partition coefficient (Wildman–Crippen LogP) is 3.08. The number of hydrogen-bond donors (Lipinski definition) is 5. The molecule has 3 rings (SSSR count). The molecule has 0 amide bonds. The zero-order valence-electron chi connectivity index (χ0n) is 21.2. The Morgan fingerprint density at radius 1 is 0.703 bits per heavy atom. The molecule has 0 saturated heterocycles. The molecule has 0 unspecified atom stereocenters. The highest BCUT2D eigenvalue weighted by molar-refractivity contribution is 5.88. The maximum Gasteiger partial charge on any atom is 0.352 e. The third-order valence-electron chi connectivity index (χ3n) is 6.52. The Morgan fingerprint density at radius 2 is 1.08 bits per heavy atom. The molecule has 3 aromatic rings. The van der Waals surface area contributed by atoms with Gasteiger partial charge in [-0.05, 0) is 61.1 Å². The molecule has 0 spiro atoms. The molecule has 0 atom stereocenters. The minimum absolute atomic E-state index is 0.0833. The normalized spacial score (nSPS) is 10.9. The van der Waals surface area contributed by atoms with Gasteiger partial charge in [-0.1, -0.05) is 0 Å². The lowest BCUT2D eigenvalue weighted by Crippen LogP contribution is -2.04. The number of hydrogen-bond acceptors (Lipinski definition) is 6. The fourth-order valence-corrected chi connectivity index (χ4v) is 4.54. The van der Waals surface area contributed by atoms with Crippen LogP contribution in [0.25, 0.3) is 0 Å². The van der Waals surface area contributed by atoms with E-state index in [-0.39, 0.29) is 36.2 Å². The largest absolute Gasteiger partial charge is 0.477 e. The Hall–Kier alpha value is -4.28. The lowest BCUT2D eigenvalue weighted by atomic mass is 10.0. The fraction of sp³-hybridized carbons (Fsp3) is 0.385. The van der Waals surface area contributed by atoms with Crippen LogP contribution in [-0.4, -0.2) is 63.3 Å². The summed E-state index contributed by atoms with van der Waals surface area (Å²) in [6.45, 7) is 3.42. The van der Waals surface area contributed by atoms with Gasteiger partial charge in [0.15, 0.2) is 0 Å². The summed E-state index contributed by atoms with van der Waals surface area (Å²) in [4.78, 5) is 55.9. The van der Waals surface area contributed by atoms with E-state index in [1.165, 1.54) is 14.2 Å². The number of rotatable bonds is 12. The first-order chi connectivity index (χ1) is 17.5. The standard InChI is InChI=1S/C26H31N3O8/c1-13-17(7-9-21(30)36-3)19(28-23(13)25(32)33)11-15-5-6-16(27-15)12-20-18(8-10-22(31)37-4)14(2)24(29-20)26(34)35/h5-6,27-29H,7-12H2,1-4H3,(H,32,33)(H,34,35). The zero-order chi connectivity index (χ0) is 27.3. The topological polar surface area (TPSA) is 175 Å². The molecule has 0 saturated carbocycles. The number of carbonyl (C=O) groups is 4. The monoisotopic (exact) mass is 513 g/mol. The Labute approximate surface area is 213 Å². The maximum absolute atomic E-state index is 11.7. The summed E-state index contributed by atoms with van der Waals surface area (Å²) in [5.41, 5.74) is 5.85. The van der Waals surface area contributed by atoms with E-state index < -0.39 is 11.9 Å². The van der Waals surface area contributed by atoms with Crippen LogP contribution in [0.4, 0.5) is 0 Å². The lowest BCUT2D eigenvalue weighted by molar-refractivity contribution is -0.141. The Kier molecular flexibility index (Phi) is 8.59. The number of aromatic nitrogens is 3. The fourth-order valence-electron chi connectivity index (χ4n) is 4.54. The quantitative estimate of drug-likeness (QED) is 0.230. The molecule has 3 aromatic heterocycles. The number of nitrogens with one attached hydrogen (secondary N) is 3. The molecule has 3 heterocycles. The Morgan fingerprint density at radius 3 is 1.41 bits per heavy atom. The van der Waals surface area contributed by atoms with Crippen LogP contribution in [0, 0.1) is 13.8 Å². The first kappa shape index (κ1) is 27.3. The highest BCUT2D eigenvalue weighted by atomic mass is 16.5. The van der Waals surface area contributed by atoms with Crippen LogP contribution in [-0.2, 0) is 44.7 Å². The molecule has 0 bridgehead atoms. The van der Waals surface area contributed by atoms with Crippen molar-refractivity contribution in [1.82, 2.24) is 15.0 Å². The molecule has 5 N–H and O–H groups in total. The predicted molar refractivity (Wildman–Crippen MR) is 132 cm³/mol. The number of methoxy groups -OCH3 is 2. The molecule has 0 aromatic carbocycles. The van der Waals surface area contributed by atoms with Crippen molar-refractivity contribution >= 4 is 23.9 Å². The number of carboxylic acid groups (broad SMARTS) is 2. The average Bonchev–Trinajstić information content (AvgIpc) is 3.52. The van der Waals surface area contributed by atoms with Crippen LogP contribution in [0.1, 0.15) is 78.8 Å². The van der Waals surface area contributed by atoms with Crippen LogP contribution in [0.5, 0.6) is 0 Å². The van der Waals surface area contributed by atoms with Gasteiger partial charge in [0.1, 0.15) is 11.4 Å². The van der Waals surface area contributed by atoms with E-state index in [4.69, 9.17) is 9.47 Å². The highest BCUT2D eigenvalue weighted by Crippen LogP contribution is 2.25. The first-order valence-electron chi connectivity index (χ1n) is 11.7. The van der Waals surface area contributed by atoms with Gasteiger partial charge in [-0.3, -0.25) is 9.59 Å². The van der Waals surface area contributed by atoms with E-state index in [0.717, 1.165) is 22.5 Å². The molecule has 0 radical (unpaired) electrons. The van der Waals surface area contributed by atoms with Gasteiger partial charge >= 0.3 is 23.9 Å². The van der Waals surface area contributed by atoms with Crippen LogP contribution >= 0.6 is 0 Å². The number of aromatic amines is 3. The summed E-state index contributed by atoms with van der Waals surface area (Å²) in [5, 5.41) is 19.1. The summed E-state index contributed by atoms with van der Waals surface area (Å²) >= 11 is 0. The van der Waals surface area contributed by atoms with Gasteiger partial charge in [-0.2, -0.15) is 0 Å². The van der Waals surface area contributed by atoms with Gasteiger partial charge < -0.3 is 34.6 Å².